The summed E-state index contributed by atoms with van der Waals surface area (Å²) in [6.07, 6.45) is 0.375. The predicted octanol–water partition coefficient (Wildman–Crippen LogP) is 3.19. The fourth-order valence-electron chi connectivity index (χ4n) is 2.20. The van der Waals surface area contributed by atoms with Gasteiger partial charge < -0.3 is 15.4 Å². The number of nitrogens with zero attached hydrogens (tertiary/aromatic N) is 1. The molecule has 1 aliphatic heterocycles. The highest BCUT2D eigenvalue weighted by Gasteiger charge is 2.24. The summed E-state index contributed by atoms with van der Waals surface area (Å²) in [4.78, 5) is 2.19. The van der Waals surface area contributed by atoms with Crippen molar-refractivity contribution in [3.8, 4) is 0 Å². The summed E-state index contributed by atoms with van der Waals surface area (Å²) in [6, 6.07) is 3.52. The molecule has 0 radical (unpaired) electrons. The molecular formula is C12H16Cl2N2O. The Kier molecular flexibility index (Phi) is 3.71. The first-order valence-electron chi connectivity index (χ1n) is 5.62. The van der Waals surface area contributed by atoms with E-state index in [4.69, 9.17) is 33.7 Å². The molecule has 1 fully saturated rings. The lowest BCUT2D eigenvalue weighted by atomic mass is 10.2. The van der Waals surface area contributed by atoms with Crippen LogP contribution in [0.5, 0.6) is 0 Å². The molecule has 17 heavy (non-hydrogen) atoms. The first kappa shape index (κ1) is 12.8. The second-order valence-electron chi connectivity index (χ2n) is 4.49. The Bertz CT molecular complexity index is 415. The Morgan fingerprint density at radius 3 is 2.29 bits per heavy atom. The van der Waals surface area contributed by atoms with Crippen molar-refractivity contribution in [2.45, 2.75) is 26.1 Å². The number of ether oxygens (including phenoxy) is 1. The van der Waals surface area contributed by atoms with Gasteiger partial charge in [0.1, 0.15) is 0 Å². The van der Waals surface area contributed by atoms with Crippen molar-refractivity contribution in [1.29, 1.82) is 0 Å². The lowest BCUT2D eigenvalue weighted by Crippen LogP contribution is -2.45. The highest BCUT2D eigenvalue weighted by atomic mass is 35.5. The van der Waals surface area contributed by atoms with E-state index in [1.165, 1.54) is 0 Å². The van der Waals surface area contributed by atoms with Gasteiger partial charge >= 0.3 is 0 Å². The van der Waals surface area contributed by atoms with Gasteiger partial charge in [0.15, 0.2) is 0 Å². The molecule has 0 aromatic heterocycles. The van der Waals surface area contributed by atoms with Crippen LogP contribution in [0, 0.1) is 0 Å². The van der Waals surface area contributed by atoms with Crippen molar-refractivity contribution in [2.24, 2.45) is 0 Å². The van der Waals surface area contributed by atoms with Crippen LogP contribution in [-0.4, -0.2) is 25.3 Å². The zero-order valence-electron chi connectivity index (χ0n) is 9.91. The van der Waals surface area contributed by atoms with Gasteiger partial charge in [0.05, 0.1) is 33.6 Å². The molecule has 1 aliphatic rings. The number of anilines is 2. The predicted molar refractivity (Wildman–Crippen MR) is 73.1 cm³/mol. The van der Waals surface area contributed by atoms with Gasteiger partial charge in [0.25, 0.3) is 0 Å². The summed E-state index contributed by atoms with van der Waals surface area (Å²) in [6.45, 7) is 5.73. The van der Waals surface area contributed by atoms with Crippen LogP contribution < -0.4 is 10.6 Å². The number of nitrogen functional groups attached to an aromatic ring is 1. The summed E-state index contributed by atoms with van der Waals surface area (Å²) in [7, 11) is 0. The zero-order valence-corrected chi connectivity index (χ0v) is 11.4. The molecule has 1 saturated heterocycles. The van der Waals surface area contributed by atoms with E-state index in [0.717, 1.165) is 18.8 Å². The number of benzene rings is 1. The van der Waals surface area contributed by atoms with Gasteiger partial charge in [-0.05, 0) is 26.0 Å². The summed E-state index contributed by atoms with van der Waals surface area (Å²) >= 11 is 12.0. The lowest BCUT2D eigenvalue weighted by molar-refractivity contribution is -0.00517. The average molecular weight is 275 g/mol. The minimum Gasteiger partial charge on any atom is -0.397 e. The maximum Gasteiger partial charge on any atom is 0.0726 e. The Hall–Kier alpha value is -0.640. The normalized spacial score (nSPS) is 25.1. The molecule has 0 aliphatic carbocycles. The Morgan fingerprint density at radius 2 is 1.71 bits per heavy atom. The van der Waals surface area contributed by atoms with Crippen LogP contribution in [0.1, 0.15) is 13.8 Å². The molecule has 1 heterocycles. The minimum absolute atomic E-state index is 0.188. The van der Waals surface area contributed by atoms with Crippen molar-refractivity contribution < 1.29 is 4.74 Å². The van der Waals surface area contributed by atoms with E-state index in [9.17, 15) is 0 Å². The molecule has 94 valence electrons. The topological polar surface area (TPSA) is 38.5 Å². The van der Waals surface area contributed by atoms with Gasteiger partial charge in [0, 0.05) is 13.1 Å². The van der Waals surface area contributed by atoms with E-state index in [-0.39, 0.29) is 12.2 Å². The first-order valence-corrected chi connectivity index (χ1v) is 6.38. The molecule has 0 spiro atoms. The largest absolute Gasteiger partial charge is 0.397 e. The van der Waals surface area contributed by atoms with Crippen molar-refractivity contribution in [1.82, 2.24) is 0 Å². The molecular weight excluding hydrogens is 259 g/mol. The number of rotatable bonds is 1. The highest BCUT2D eigenvalue weighted by Crippen LogP contribution is 2.34. The van der Waals surface area contributed by atoms with Crippen molar-refractivity contribution >= 4 is 34.6 Å². The molecule has 0 amide bonds. The first-order chi connectivity index (χ1) is 7.97. The standard InChI is InChI=1S/C12H16Cl2N2O/c1-7-5-16(6-8(2)17-7)12-4-10(14)9(13)3-11(12)15/h3-4,7-8H,5-6,15H2,1-2H3/t7-,8+. The second kappa shape index (κ2) is 4.92. The van der Waals surface area contributed by atoms with Crippen molar-refractivity contribution in [2.75, 3.05) is 23.7 Å². The van der Waals surface area contributed by atoms with Crippen LogP contribution in [0.15, 0.2) is 12.1 Å². The number of hydrogen-bond acceptors (Lipinski definition) is 3. The van der Waals surface area contributed by atoms with E-state index < -0.39 is 0 Å². The van der Waals surface area contributed by atoms with Crippen molar-refractivity contribution in [3.05, 3.63) is 22.2 Å². The Labute approximate surface area is 111 Å². The lowest BCUT2D eigenvalue weighted by Gasteiger charge is -2.37. The molecule has 2 atom stereocenters. The molecule has 3 nitrogen and oxygen atoms in total. The van der Waals surface area contributed by atoms with Gasteiger partial charge in [-0.2, -0.15) is 0 Å². The molecule has 5 heteroatoms. The van der Waals surface area contributed by atoms with E-state index in [1.807, 2.05) is 6.07 Å². The number of halogens is 2. The van der Waals surface area contributed by atoms with Crippen LogP contribution >= 0.6 is 23.2 Å². The SMILES string of the molecule is C[C@@H]1CN(c2cc(Cl)c(Cl)cc2N)C[C@H](C)O1. The fraction of sp³-hybridized carbons (Fsp3) is 0.500. The third-order valence-electron chi connectivity index (χ3n) is 2.83. The highest BCUT2D eigenvalue weighted by molar-refractivity contribution is 6.42. The molecule has 0 saturated carbocycles. The van der Waals surface area contributed by atoms with Gasteiger partial charge in [-0.1, -0.05) is 23.2 Å². The van der Waals surface area contributed by atoms with E-state index >= 15 is 0 Å². The smallest absolute Gasteiger partial charge is 0.0726 e. The third-order valence-corrected chi connectivity index (χ3v) is 3.55. The Balaban J connectivity index is 2.30. The number of nitrogens with two attached hydrogens (primary N) is 1. The van der Waals surface area contributed by atoms with E-state index in [0.29, 0.717) is 15.7 Å². The van der Waals surface area contributed by atoms with Crippen LogP contribution in [0.4, 0.5) is 11.4 Å². The molecule has 1 aromatic carbocycles. The van der Waals surface area contributed by atoms with Crippen LogP contribution in [0.2, 0.25) is 10.0 Å². The van der Waals surface area contributed by atoms with Gasteiger partial charge in [-0.25, -0.2) is 0 Å². The maximum absolute atomic E-state index is 6.03. The zero-order chi connectivity index (χ0) is 12.6. The third kappa shape index (κ3) is 2.79. The monoisotopic (exact) mass is 274 g/mol. The summed E-state index contributed by atoms with van der Waals surface area (Å²) < 4.78 is 5.69. The summed E-state index contributed by atoms with van der Waals surface area (Å²) in [5, 5.41) is 1.02. The minimum atomic E-state index is 0.188. The van der Waals surface area contributed by atoms with Gasteiger partial charge in [-0.15, -0.1) is 0 Å². The number of hydrogen-bond donors (Lipinski definition) is 1. The second-order valence-corrected chi connectivity index (χ2v) is 5.30. The van der Waals surface area contributed by atoms with Crippen LogP contribution in [0.3, 0.4) is 0 Å². The maximum atomic E-state index is 6.03. The average Bonchev–Trinajstić information content (AvgIpc) is 2.22. The van der Waals surface area contributed by atoms with Crippen LogP contribution in [-0.2, 0) is 4.74 Å². The summed E-state index contributed by atoms with van der Waals surface area (Å²) in [5.74, 6) is 0. The van der Waals surface area contributed by atoms with Gasteiger partial charge in [-0.3, -0.25) is 0 Å². The van der Waals surface area contributed by atoms with Crippen LogP contribution in [0.25, 0.3) is 0 Å². The molecule has 1 aromatic rings. The van der Waals surface area contributed by atoms with E-state index in [1.54, 1.807) is 6.07 Å². The van der Waals surface area contributed by atoms with Crippen molar-refractivity contribution in [3.63, 3.8) is 0 Å². The number of morpholine rings is 1. The van der Waals surface area contributed by atoms with E-state index in [2.05, 4.69) is 18.7 Å². The molecule has 0 bridgehead atoms. The van der Waals surface area contributed by atoms with Gasteiger partial charge in [0.2, 0.25) is 0 Å². The fourth-order valence-corrected chi connectivity index (χ4v) is 2.53. The Morgan fingerprint density at radius 1 is 1.18 bits per heavy atom. The molecule has 0 unspecified atom stereocenters. The quantitative estimate of drug-likeness (QED) is 0.800. The summed E-state index contributed by atoms with van der Waals surface area (Å²) in [5.41, 5.74) is 7.57. The molecule has 2 rings (SSSR count). The molecule has 2 N–H and O–H groups in total.